The van der Waals surface area contributed by atoms with E-state index in [0.29, 0.717) is 6.54 Å². The maximum absolute atomic E-state index is 11.7. The van der Waals surface area contributed by atoms with E-state index in [9.17, 15) is 9.90 Å². The number of amides is 1. The SMILES string of the molecule is CCCCCCCCC(C)(CO)CNC(=O)OC(C)(C)C. The smallest absolute Gasteiger partial charge is 0.407 e. The molecule has 0 rings (SSSR count). The zero-order valence-electron chi connectivity index (χ0n) is 14.6. The molecule has 2 N–H and O–H groups in total. The van der Waals surface area contributed by atoms with Crippen molar-refractivity contribution in [2.24, 2.45) is 5.41 Å². The Morgan fingerprint density at radius 1 is 1.05 bits per heavy atom. The number of aliphatic hydroxyl groups excluding tert-OH is 1. The molecule has 0 aliphatic rings. The first-order valence-corrected chi connectivity index (χ1v) is 8.30. The lowest BCUT2D eigenvalue weighted by molar-refractivity contribution is 0.0470. The molecule has 1 atom stereocenters. The fraction of sp³-hybridized carbons (Fsp3) is 0.941. The number of carbonyl (C=O) groups excluding carboxylic acids is 1. The van der Waals surface area contributed by atoms with E-state index in [1.54, 1.807) is 0 Å². The molecule has 0 radical (unpaired) electrons. The second-order valence-corrected chi connectivity index (χ2v) is 7.34. The van der Waals surface area contributed by atoms with Crippen molar-refractivity contribution in [2.45, 2.75) is 85.2 Å². The topological polar surface area (TPSA) is 58.6 Å². The quantitative estimate of drug-likeness (QED) is 0.593. The van der Waals surface area contributed by atoms with Crippen LogP contribution in [0.3, 0.4) is 0 Å². The van der Waals surface area contributed by atoms with Crippen LogP contribution in [-0.2, 0) is 4.74 Å². The predicted octanol–water partition coefficient (Wildman–Crippen LogP) is 4.26. The third-order valence-corrected chi connectivity index (χ3v) is 3.57. The summed E-state index contributed by atoms with van der Waals surface area (Å²) in [6, 6.07) is 0. The number of rotatable bonds is 10. The van der Waals surface area contributed by atoms with Crippen molar-refractivity contribution in [2.75, 3.05) is 13.2 Å². The molecule has 0 heterocycles. The van der Waals surface area contributed by atoms with Gasteiger partial charge in [-0.2, -0.15) is 0 Å². The zero-order valence-corrected chi connectivity index (χ0v) is 14.6. The van der Waals surface area contributed by atoms with Crippen LogP contribution in [0.4, 0.5) is 4.79 Å². The van der Waals surface area contributed by atoms with Crippen LogP contribution in [0.15, 0.2) is 0 Å². The Hall–Kier alpha value is -0.770. The van der Waals surface area contributed by atoms with Crippen LogP contribution in [0.2, 0.25) is 0 Å². The summed E-state index contributed by atoms with van der Waals surface area (Å²) >= 11 is 0. The molecule has 126 valence electrons. The number of ether oxygens (including phenoxy) is 1. The Morgan fingerprint density at radius 3 is 2.14 bits per heavy atom. The van der Waals surface area contributed by atoms with Gasteiger partial charge in [-0.05, 0) is 27.2 Å². The Labute approximate surface area is 130 Å². The van der Waals surface area contributed by atoms with E-state index in [4.69, 9.17) is 4.74 Å². The van der Waals surface area contributed by atoms with E-state index in [1.165, 1.54) is 32.1 Å². The number of alkyl carbamates (subject to hydrolysis) is 1. The van der Waals surface area contributed by atoms with Gasteiger partial charge in [-0.25, -0.2) is 4.79 Å². The molecular formula is C17H35NO3. The van der Waals surface area contributed by atoms with Crippen molar-refractivity contribution in [1.82, 2.24) is 5.32 Å². The Bertz CT molecular complexity index is 286. The number of carbonyl (C=O) groups is 1. The molecule has 21 heavy (non-hydrogen) atoms. The van der Waals surface area contributed by atoms with Crippen molar-refractivity contribution in [3.63, 3.8) is 0 Å². The molecule has 0 aliphatic heterocycles. The van der Waals surface area contributed by atoms with Crippen molar-refractivity contribution < 1.29 is 14.6 Å². The summed E-state index contributed by atoms with van der Waals surface area (Å²) in [5, 5.41) is 12.4. The predicted molar refractivity (Wildman–Crippen MR) is 87.4 cm³/mol. The van der Waals surface area contributed by atoms with Crippen LogP contribution >= 0.6 is 0 Å². The second-order valence-electron chi connectivity index (χ2n) is 7.34. The number of hydrogen-bond acceptors (Lipinski definition) is 3. The molecule has 1 amide bonds. The van der Waals surface area contributed by atoms with Crippen LogP contribution in [0.25, 0.3) is 0 Å². The summed E-state index contributed by atoms with van der Waals surface area (Å²) in [4.78, 5) is 11.7. The lowest BCUT2D eigenvalue weighted by atomic mass is 9.85. The van der Waals surface area contributed by atoms with Gasteiger partial charge in [-0.1, -0.05) is 52.4 Å². The van der Waals surface area contributed by atoms with Gasteiger partial charge < -0.3 is 15.2 Å². The Morgan fingerprint density at radius 2 is 1.62 bits per heavy atom. The molecule has 0 spiro atoms. The molecule has 4 heteroatoms. The summed E-state index contributed by atoms with van der Waals surface area (Å²) < 4.78 is 5.22. The lowest BCUT2D eigenvalue weighted by Gasteiger charge is -2.28. The molecule has 0 saturated heterocycles. The number of unbranched alkanes of at least 4 members (excludes halogenated alkanes) is 5. The van der Waals surface area contributed by atoms with Crippen LogP contribution in [0.1, 0.15) is 79.6 Å². The van der Waals surface area contributed by atoms with Crippen LogP contribution in [0, 0.1) is 5.41 Å². The van der Waals surface area contributed by atoms with Crippen molar-refractivity contribution in [1.29, 1.82) is 0 Å². The summed E-state index contributed by atoms with van der Waals surface area (Å²) in [7, 11) is 0. The van der Waals surface area contributed by atoms with E-state index in [1.807, 2.05) is 27.7 Å². The van der Waals surface area contributed by atoms with Crippen molar-refractivity contribution in [3.8, 4) is 0 Å². The molecule has 0 aromatic heterocycles. The molecule has 0 aromatic carbocycles. The van der Waals surface area contributed by atoms with Gasteiger partial charge in [0.1, 0.15) is 5.60 Å². The highest BCUT2D eigenvalue weighted by Crippen LogP contribution is 2.23. The summed E-state index contributed by atoms with van der Waals surface area (Å²) in [6.07, 6.45) is 7.91. The Balaban J connectivity index is 3.96. The second kappa shape index (κ2) is 10.0. The first kappa shape index (κ1) is 20.2. The van der Waals surface area contributed by atoms with Gasteiger partial charge in [0, 0.05) is 12.0 Å². The van der Waals surface area contributed by atoms with Crippen LogP contribution in [0.5, 0.6) is 0 Å². The molecule has 0 saturated carbocycles. The molecule has 0 fully saturated rings. The standard InChI is InChI=1S/C17H35NO3/c1-6-7-8-9-10-11-12-17(5,14-19)13-18-15(20)21-16(2,3)4/h19H,6-14H2,1-5H3,(H,18,20). The van der Waals surface area contributed by atoms with Gasteiger partial charge in [0.2, 0.25) is 0 Å². The highest BCUT2D eigenvalue weighted by atomic mass is 16.6. The van der Waals surface area contributed by atoms with Gasteiger partial charge in [0.15, 0.2) is 0 Å². The van der Waals surface area contributed by atoms with Crippen molar-refractivity contribution >= 4 is 6.09 Å². The minimum absolute atomic E-state index is 0.0811. The van der Waals surface area contributed by atoms with E-state index in [0.717, 1.165) is 12.8 Å². The summed E-state index contributed by atoms with van der Waals surface area (Å²) in [5.41, 5.74) is -0.749. The zero-order chi connectivity index (χ0) is 16.4. The minimum Gasteiger partial charge on any atom is -0.444 e. The fourth-order valence-electron chi connectivity index (χ4n) is 2.16. The number of hydrogen-bond donors (Lipinski definition) is 2. The van der Waals surface area contributed by atoms with E-state index < -0.39 is 11.7 Å². The van der Waals surface area contributed by atoms with E-state index in [-0.39, 0.29) is 12.0 Å². The maximum Gasteiger partial charge on any atom is 0.407 e. The molecule has 0 aliphatic carbocycles. The van der Waals surface area contributed by atoms with Gasteiger partial charge >= 0.3 is 6.09 Å². The number of nitrogens with one attached hydrogen (secondary N) is 1. The third-order valence-electron chi connectivity index (χ3n) is 3.57. The largest absolute Gasteiger partial charge is 0.444 e. The average Bonchev–Trinajstić information content (AvgIpc) is 2.39. The third kappa shape index (κ3) is 11.6. The average molecular weight is 301 g/mol. The summed E-state index contributed by atoms with van der Waals surface area (Å²) in [6.45, 7) is 10.3. The van der Waals surface area contributed by atoms with Crippen molar-refractivity contribution in [3.05, 3.63) is 0 Å². The van der Waals surface area contributed by atoms with Crippen LogP contribution in [-0.4, -0.2) is 30.0 Å². The highest BCUT2D eigenvalue weighted by molar-refractivity contribution is 5.67. The van der Waals surface area contributed by atoms with E-state index in [2.05, 4.69) is 12.2 Å². The lowest BCUT2D eigenvalue weighted by Crippen LogP contribution is -2.40. The molecule has 0 aromatic rings. The van der Waals surface area contributed by atoms with Gasteiger partial charge in [0.25, 0.3) is 0 Å². The normalized spacial score (nSPS) is 14.6. The molecule has 0 bridgehead atoms. The van der Waals surface area contributed by atoms with Gasteiger partial charge in [-0.15, -0.1) is 0 Å². The monoisotopic (exact) mass is 301 g/mol. The highest BCUT2D eigenvalue weighted by Gasteiger charge is 2.25. The molecule has 1 unspecified atom stereocenters. The maximum atomic E-state index is 11.7. The van der Waals surface area contributed by atoms with Gasteiger partial charge in [0.05, 0.1) is 6.61 Å². The molecular weight excluding hydrogens is 266 g/mol. The summed E-state index contributed by atoms with van der Waals surface area (Å²) in [5.74, 6) is 0. The first-order chi connectivity index (χ1) is 9.72. The molecule has 4 nitrogen and oxygen atoms in total. The fourth-order valence-corrected chi connectivity index (χ4v) is 2.16. The first-order valence-electron chi connectivity index (χ1n) is 8.30. The Kier molecular flexibility index (Phi) is 9.67. The van der Waals surface area contributed by atoms with Gasteiger partial charge in [-0.3, -0.25) is 0 Å². The minimum atomic E-state index is -0.487. The van der Waals surface area contributed by atoms with Crippen LogP contribution < -0.4 is 5.32 Å². The van der Waals surface area contributed by atoms with E-state index >= 15 is 0 Å². The number of aliphatic hydroxyl groups is 1.